The highest BCUT2D eigenvalue weighted by Crippen LogP contribution is 2.29. The van der Waals surface area contributed by atoms with Crippen molar-refractivity contribution in [1.82, 2.24) is 0 Å². The summed E-state index contributed by atoms with van der Waals surface area (Å²) in [7, 11) is 0. The highest BCUT2D eigenvalue weighted by atomic mass is 32.2. The molecule has 2 bridgehead atoms. The summed E-state index contributed by atoms with van der Waals surface area (Å²) in [6, 6.07) is 8.10. The van der Waals surface area contributed by atoms with Gasteiger partial charge in [-0.3, -0.25) is 0 Å². The highest BCUT2D eigenvalue weighted by molar-refractivity contribution is 7.98. The average Bonchev–Trinajstić information content (AvgIpc) is 2.74. The molecule has 3 aliphatic rings. The fourth-order valence-electron chi connectivity index (χ4n) is 3.04. The summed E-state index contributed by atoms with van der Waals surface area (Å²) in [4.78, 5) is 0. The van der Waals surface area contributed by atoms with Gasteiger partial charge in [0, 0.05) is 24.7 Å². The third-order valence-electron chi connectivity index (χ3n) is 4.40. The number of aliphatic hydroxyl groups is 2. The maximum absolute atomic E-state index is 10.3. The van der Waals surface area contributed by atoms with Crippen LogP contribution in [0.4, 0.5) is 0 Å². The first-order chi connectivity index (χ1) is 11.7. The molecule has 0 spiro atoms. The Kier molecular flexibility index (Phi) is 6.51. The number of hydrogen-bond donors (Lipinski definition) is 3. The lowest BCUT2D eigenvalue weighted by Crippen LogP contribution is -2.59. The van der Waals surface area contributed by atoms with Gasteiger partial charge in [-0.1, -0.05) is 24.3 Å². The van der Waals surface area contributed by atoms with Gasteiger partial charge < -0.3 is 30.2 Å². The first-order valence-electron chi connectivity index (χ1n) is 8.30. The van der Waals surface area contributed by atoms with Crippen molar-refractivity contribution < 1.29 is 24.4 Å². The highest BCUT2D eigenvalue weighted by Gasteiger charge is 2.46. The van der Waals surface area contributed by atoms with E-state index in [9.17, 15) is 10.2 Å². The summed E-state index contributed by atoms with van der Waals surface area (Å²) >= 11 is 1.70. The molecular weight excluding hydrogens is 330 g/mol. The van der Waals surface area contributed by atoms with Crippen molar-refractivity contribution in [2.24, 2.45) is 5.73 Å². The van der Waals surface area contributed by atoms with E-state index >= 15 is 0 Å². The van der Waals surface area contributed by atoms with Crippen LogP contribution in [0.2, 0.25) is 0 Å². The number of rotatable bonds is 5. The zero-order chi connectivity index (χ0) is 16.9. The average molecular weight is 355 g/mol. The molecule has 5 unspecified atom stereocenters. The number of aliphatic hydroxyl groups excluding tert-OH is 2. The van der Waals surface area contributed by atoms with Crippen LogP contribution in [0.5, 0.6) is 0 Å². The minimum Gasteiger partial charge on any atom is -0.387 e. The Hall–Kier alpha value is -0.670. The summed E-state index contributed by atoms with van der Waals surface area (Å²) < 4.78 is 17.1. The van der Waals surface area contributed by atoms with E-state index in [4.69, 9.17) is 19.9 Å². The summed E-state index contributed by atoms with van der Waals surface area (Å²) in [5, 5.41) is 20.4. The van der Waals surface area contributed by atoms with Gasteiger partial charge in [0.1, 0.15) is 18.3 Å². The van der Waals surface area contributed by atoms with Crippen LogP contribution >= 0.6 is 11.8 Å². The smallest absolute Gasteiger partial charge is 0.186 e. The van der Waals surface area contributed by atoms with Crippen molar-refractivity contribution in [3.05, 3.63) is 35.4 Å². The molecule has 134 valence electrons. The molecular formula is C17H25NO5S. The molecule has 0 aromatic heterocycles. The summed E-state index contributed by atoms with van der Waals surface area (Å²) in [6.07, 6.45) is -2.99. The monoisotopic (exact) mass is 355 g/mol. The summed E-state index contributed by atoms with van der Waals surface area (Å²) in [5.74, 6) is 1.46. The molecule has 1 aromatic rings. The van der Waals surface area contributed by atoms with Gasteiger partial charge in [-0.15, -0.1) is 0 Å². The molecule has 3 saturated heterocycles. The second-order valence-corrected chi connectivity index (χ2v) is 7.10. The Labute approximate surface area is 146 Å². The molecule has 7 heteroatoms. The number of fused-ring (bicyclic) bond motifs is 6. The first-order valence-corrected chi connectivity index (χ1v) is 9.45. The van der Waals surface area contributed by atoms with Gasteiger partial charge in [0.2, 0.25) is 0 Å². The second kappa shape index (κ2) is 8.62. The van der Waals surface area contributed by atoms with Crippen molar-refractivity contribution in [2.75, 3.05) is 19.0 Å². The maximum Gasteiger partial charge on any atom is 0.186 e. The van der Waals surface area contributed by atoms with Gasteiger partial charge in [-0.25, -0.2) is 0 Å². The molecule has 0 amide bonds. The van der Waals surface area contributed by atoms with E-state index < -0.39 is 24.6 Å². The van der Waals surface area contributed by atoms with Gasteiger partial charge in [0.25, 0.3) is 0 Å². The fraction of sp³-hybridized carbons (Fsp3) is 0.647. The lowest BCUT2D eigenvalue weighted by molar-refractivity contribution is -0.289. The topological polar surface area (TPSA) is 94.2 Å². The second-order valence-electron chi connectivity index (χ2n) is 6.07. The van der Waals surface area contributed by atoms with Crippen LogP contribution < -0.4 is 5.73 Å². The number of nitrogens with two attached hydrogens (primary N) is 1. The Morgan fingerprint density at radius 1 is 1.08 bits per heavy atom. The minimum atomic E-state index is -1.08. The van der Waals surface area contributed by atoms with E-state index in [0.717, 1.165) is 17.7 Å². The third kappa shape index (κ3) is 4.11. The lowest BCUT2D eigenvalue weighted by Gasteiger charge is -2.41. The third-order valence-corrected chi connectivity index (χ3v) is 5.48. The Morgan fingerprint density at radius 3 is 2.62 bits per heavy atom. The lowest BCUT2D eigenvalue weighted by atomic mass is 10.00. The normalized spacial score (nSPS) is 33.7. The Balaban J connectivity index is 1.61. The quantitative estimate of drug-likeness (QED) is 0.713. The van der Waals surface area contributed by atoms with Crippen LogP contribution in [0.1, 0.15) is 17.5 Å². The van der Waals surface area contributed by atoms with Gasteiger partial charge in [0.05, 0.1) is 12.7 Å². The molecule has 24 heavy (non-hydrogen) atoms. The zero-order valence-corrected chi connectivity index (χ0v) is 14.4. The fourth-order valence-corrected chi connectivity index (χ4v) is 4.16. The summed E-state index contributed by atoms with van der Waals surface area (Å²) in [5.41, 5.74) is 8.11. The molecule has 0 aliphatic carbocycles. The maximum atomic E-state index is 10.3. The van der Waals surface area contributed by atoms with Crippen LogP contribution in [0, 0.1) is 0 Å². The SMILES string of the molecule is NCc1ccccc1CSCC1OC2OCCCOC1C(O)C2O. The van der Waals surface area contributed by atoms with E-state index in [1.807, 2.05) is 18.2 Å². The van der Waals surface area contributed by atoms with Crippen molar-refractivity contribution in [1.29, 1.82) is 0 Å². The van der Waals surface area contributed by atoms with E-state index in [0.29, 0.717) is 25.5 Å². The van der Waals surface area contributed by atoms with Crippen LogP contribution in [0.15, 0.2) is 24.3 Å². The molecule has 3 fully saturated rings. The predicted octanol–water partition coefficient (Wildman–Crippen LogP) is 0.631. The Bertz CT molecular complexity index is 529. The van der Waals surface area contributed by atoms with Gasteiger partial charge >= 0.3 is 0 Å². The van der Waals surface area contributed by atoms with Gasteiger partial charge in [0.15, 0.2) is 6.29 Å². The molecule has 3 aliphatic heterocycles. The number of ether oxygens (including phenoxy) is 3. The van der Waals surface area contributed by atoms with Gasteiger partial charge in [-0.2, -0.15) is 11.8 Å². The molecule has 3 heterocycles. The molecule has 1 aromatic carbocycles. The molecule has 4 rings (SSSR count). The zero-order valence-electron chi connectivity index (χ0n) is 13.5. The molecule has 6 nitrogen and oxygen atoms in total. The number of hydrogen-bond acceptors (Lipinski definition) is 7. The van der Waals surface area contributed by atoms with E-state index in [1.165, 1.54) is 5.56 Å². The van der Waals surface area contributed by atoms with Crippen molar-refractivity contribution in [3.63, 3.8) is 0 Å². The largest absolute Gasteiger partial charge is 0.387 e. The van der Waals surface area contributed by atoms with E-state index in [1.54, 1.807) is 11.8 Å². The standard InChI is InChI=1S/C17H25NO5S/c18-8-11-4-1-2-5-12(11)9-24-10-13-16-14(19)15(20)17(23-13)22-7-3-6-21-16/h1-2,4-5,13-17,19-20H,3,6-10,18H2. The van der Waals surface area contributed by atoms with Crippen LogP contribution in [-0.4, -0.2) is 59.9 Å². The number of thioether (sulfide) groups is 1. The Morgan fingerprint density at radius 2 is 1.83 bits per heavy atom. The molecule has 0 saturated carbocycles. The van der Waals surface area contributed by atoms with Crippen molar-refractivity contribution in [3.8, 4) is 0 Å². The minimum absolute atomic E-state index is 0.318. The van der Waals surface area contributed by atoms with Crippen LogP contribution in [-0.2, 0) is 26.5 Å². The van der Waals surface area contributed by atoms with E-state index in [-0.39, 0.29) is 6.10 Å². The number of benzene rings is 1. The van der Waals surface area contributed by atoms with Crippen LogP contribution in [0.3, 0.4) is 0 Å². The summed E-state index contributed by atoms with van der Waals surface area (Å²) in [6.45, 7) is 1.45. The molecule has 0 radical (unpaired) electrons. The molecule has 4 N–H and O–H groups in total. The molecule has 5 atom stereocenters. The van der Waals surface area contributed by atoms with Crippen molar-refractivity contribution in [2.45, 2.75) is 49.4 Å². The predicted molar refractivity (Wildman–Crippen MR) is 91.5 cm³/mol. The van der Waals surface area contributed by atoms with Gasteiger partial charge in [-0.05, 0) is 17.5 Å². The van der Waals surface area contributed by atoms with Crippen molar-refractivity contribution >= 4 is 11.8 Å². The first kappa shape index (κ1) is 18.1. The van der Waals surface area contributed by atoms with E-state index in [2.05, 4.69) is 6.07 Å². The van der Waals surface area contributed by atoms with Crippen LogP contribution in [0.25, 0.3) is 0 Å².